The van der Waals surface area contributed by atoms with Crippen LogP contribution < -0.4 is 16.1 Å². The number of nitrogens with one attached hydrogen (secondary N) is 3. The van der Waals surface area contributed by atoms with E-state index in [4.69, 9.17) is 9.57 Å². The fourth-order valence-corrected chi connectivity index (χ4v) is 2.66. The van der Waals surface area contributed by atoms with Gasteiger partial charge in [0.1, 0.15) is 16.8 Å². The van der Waals surface area contributed by atoms with Crippen LogP contribution in [0.5, 0.6) is 0 Å². The van der Waals surface area contributed by atoms with E-state index in [1.165, 1.54) is 0 Å². The average Bonchev–Trinajstić information content (AvgIpc) is 3.03. The maximum atomic E-state index is 12.6. The van der Waals surface area contributed by atoms with Crippen molar-refractivity contribution in [3.63, 3.8) is 0 Å². The molecule has 0 fully saturated rings. The number of alkyl carbamates (subject to hydrolysis) is 1. The van der Waals surface area contributed by atoms with Gasteiger partial charge in [0, 0.05) is 6.42 Å². The van der Waals surface area contributed by atoms with Crippen LogP contribution in [0.15, 0.2) is 41.0 Å². The number of ether oxygens (including phenoxy) is 1. The van der Waals surface area contributed by atoms with Crippen LogP contribution in [-0.2, 0) is 20.8 Å². The third-order valence-corrected chi connectivity index (χ3v) is 3.98. The van der Waals surface area contributed by atoms with Gasteiger partial charge in [-0.05, 0) is 33.5 Å². The van der Waals surface area contributed by atoms with Gasteiger partial charge in [-0.2, -0.15) is 0 Å². The Balaban J connectivity index is 1.94. The van der Waals surface area contributed by atoms with Gasteiger partial charge < -0.3 is 15.4 Å². The van der Waals surface area contributed by atoms with E-state index >= 15 is 0 Å². The fraction of sp³-hybridized carbons (Fsp3) is 0.444. The summed E-state index contributed by atoms with van der Waals surface area (Å²) in [4.78, 5) is 29.8. The first-order valence-electron chi connectivity index (χ1n) is 8.48. The third kappa shape index (κ3) is 7.05. The molecule has 26 heavy (non-hydrogen) atoms. The number of benzene rings is 1. The average molecular weight is 426 g/mol. The molecule has 1 heterocycles. The van der Waals surface area contributed by atoms with Crippen molar-refractivity contribution in [2.24, 2.45) is 5.92 Å². The van der Waals surface area contributed by atoms with Gasteiger partial charge >= 0.3 is 6.09 Å². The van der Waals surface area contributed by atoms with Gasteiger partial charge in [0.25, 0.3) is 0 Å². The molecule has 7 nitrogen and oxygen atoms in total. The molecule has 0 aromatic heterocycles. The van der Waals surface area contributed by atoms with Crippen LogP contribution in [-0.4, -0.2) is 37.3 Å². The minimum absolute atomic E-state index is 0.222. The second-order valence-corrected chi connectivity index (χ2v) is 7.25. The number of carbonyl (C=O) groups excluding carboxylic acids is 2. The van der Waals surface area contributed by atoms with Crippen LogP contribution in [0, 0.1) is 5.92 Å². The zero-order valence-corrected chi connectivity index (χ0v) is 16.4. The van der Waals surface area contributed by atoms with E-state index in [1.54, 1.807) is 6.08 Å². The van der Waals surface area contributed by atoms with Crippen molar-refractivity contribution < 1.29 is 19.2 Å². The number of carbonyl (C=O) groups is 2. The molecule has 1 aliphatic rings. The molecule has 0 radical (unpaired) electrons. The first-order valence-corrected chi connectivity index (χ1v) is 9.27. The summed E-state index contributed by atoms with van der Waals surface area (Å²) in [5.74, 6) is -0.0743. The Morgan fingerprint density at radius 2 is 2.04 bits per heavy atom. The lowest BCUT2D eigenvalue weighted by Crippen LogP contribution is -2.49. The first-order chi connectivity index (χ1) is 12.4. The molecule has 1 aliphatic heterocycles. The highest BCUT2D eigenvalue weighted by Gasteiger charge is 2.24. The molecule has 0 spiro atoms. The number of hydroxylamine groups is 1. The summed E-state index contributed by atoms with van der Waals surface area (Å²) in [5.41, 5.74) is 3.60. The molecule has 1 aromatic rings. The van der Waals surface area contributed by atoms with Crippen molar-refractivity contribution in [3.05, 3.63) is 46.6 Å². The van der Waals surface area contributed by atoms with Crippen LogP contribution in [0.2, 0.25) is 0 Å². The van der Waals surface area contributed by atoms with Crippen LogP contribution >= 0.6 is 15.9 Å². The Hall–Kier alpha value is -2.06. The normalized spacial score (nSPS) is 17.2. The van der Waals surface area contributed by atoms with E-state index in [1.807, 2.05) is 44.2 Å². The van der Waals surface area contributed by atoms with Gasteiger partial charge in [0.15, 0.2) is 0 Å². The molecule has 0 aliphatic carbocycles. The predicted octanol–water partition coefficient (Wildman–Crippen LogP) is 2.24. The van der Waals surface area contributed by atoms with Crippen molar-refractivity contribution in [1.29, 1.82) is 0 Å². The number of amides is 2. The third-order valence-electron chi connectivity index (χ3n) is 3.56. The molecule has 2 rings (SSSR count). The summed E-state index contributed by atoms with van der Waals surface area (Å²) in [6, 6.07) is 8.76. The van der Waals surface area contributed by atoms with E-state index < -0.39 is 12.1 Å². The molecule has 1 unspecified atom stereocenters. The molecule has 142 valence electrons. The minimum Gasteiger partial charge on any atom is -0.449 e. The monoisotopic (exact) mass is 425 g/mol. The van der Waals surface area contributed by atoms with Crippen molar-refractivity contribution in [2.75, 3.05) is 13.2 Å². The Morgan fingerprint density at radius 3 is 2.65 bits per heavy atom. The maximum absolute atomic E-state index is 12.6. The quantitative estimate of drug-likeness (QED) is 0.555. The van der Waals surface area contributed by atoms with Crippen molar-refractivity contribution in [3.8, 4) is 0 Å². The second-order valence-electron chi connectivity index (χ2n) is 6.40. The Kier molecular flexibility index (Phi) is 7.93. The molecule has 2 atom stereocenters. The van der Waals surface area contributed by atoms with Crippen LogP contribution in [0.4, 0.5) is 4.79 Å². The van der Waals surface area contributed by atoms with Gasteiger partial charge in [-0.3, -0.25) is 15.1 Å². The lowest BCUT2D eigenvalue weighted by molar-refractivity contribution is -0.123. The Bertz CT molecular complexity index is 637. The number of halogens is 1. The van der Waals surface area contributed by atoms with Crippen LogP contribution in [0.3, 0.4) is 0 Å². The summed E-state index contributed by atoms with van der Waals surface area (Å²) in [5, 5.41) is 5.45. The second kappa shape index (κ2) is 10.2. The fourth-order valence-electron chi connectivity index (χ4n) is 2.27. The highest BCUT2D eigenvalue weighted by molar-refractivity contribution is 9.11. The predicted molar refractivity (Wildman–Crippen MR) is 101 cm³/mol. The molecule has 0 saturated heterocycles. The smallest absolute Gasteiger partial charge is 0.407 e. The summed E-state index contributed by atoms with van der Waals surface area (Å²) in [6.45, 7) is 4.48. The zero-order valence-electron chi connectivity index (χ0n) is 14.8. The number of hydrogen-bond donors (Lipinski definition) is 3. The van der Waals surface area contributed by atoms with Crippen LogP contribution in [0.25, 0.3) is 0 Å². The van der Waals surface area contributed by atoms with Crippen molar-refractivity contribution >= 4 is 27.9 Å². The van der Waals surface area contributed by atoms with E-state index in [9.17, 15) is 9.59 Å². The van der Waals surface area contributed by atoms with Gasteiger partial charge in [-0.25, -0.2) is 4.79 Å². The first kappa shape index (κ1) is 20.3. The molecule has 1 aromatic carbocycles. The van der Waals surface area contributed by atoms with E-state index in [0.29, 0.717) is 17.6 Å². The number of rotatable bonds is 8. The Labute approximate surface area is 161 Å². The van der Waals surface area contributed by atoms with E-state index in [0.717, 1.165) is 5.56 Å². The van der Waals surface area contributed by atoms with Crippen molar-refractivity contribution in [2.45, 2.75) is 32.4 Å². The molecule has 3 N–H and O–H groups in total. The summed E-state index contributed by atoms with van der Waals surface area (Å²) < 4.78 is 5.85. The standard InChI is InChI=1S/C18H24BrN3O4/c1-12(2)11-25-18(24)21-15(8-13-6-4-3-5-7-13)17(23)20-10-14-9-16(19)22-26-14/h3-7,9,12,14-15,22H,8,10-11H2,1-2H3,(H,20,23)(H,21,24)/t14?,15-/m0/s1. The topological polar surface area (TPSA) is 88.7 Å². The summed E-state index contributed by atoms with van der Waals surface area (Å²) in [7, 11) is 0. The lowest BCUT2D eigenvalue weighted by atomic mass is 10.1. The van der Waals surface area contributed by atoms with Gasteiger partial charge in [-0.1, -0.05) is 44.2 Å². The van der Waals surface area contributed by atoms with Gasteiger partial charge in [-0.15, -0.1) is 0 Å². The SMILES string of the molecule is CC(C)COC(=O)N[C@@H](Cc1ccccc1)C(=O)NCC1C=C(Br)NO1. The molecular formula is C18H24BrN3O4. The van der Waals surface area contributed by atoms with Crippen molar-refractivity contribution in [1.82, 2.24) is 16.1 Å². The Morgan fingerprint density at radius 1 is 1.31 bits per heavy atom. The lowest BCUT2D eigenvalue weighted by Gasteiger charge is -2.19. The molecular weight excluding hydrogens is 402 g/mol. The molecule has 0 bridgehead atoms. The highest BCUT2D eigenvalue weighted by atomic mass is 79.9. The van der Waals surface area contributed by atoms with Gasteiger partial charge in [0.05, 0.1) is 13.2 Å². The minimum atomic E-state index is -0.737. The zero-order chi connectivity index (χ0) is 18.9. The molecule has 0 saturated carbocycles. The van der Waals surface area contributed by atoms with E-state index in [-0.39, 0.29) is 24.5 Å². The summed E-state index contributed by atoms with van der Waals surface area (Å²) >= 11 is 3.26. The maximum Gasteiger partial charge on any atom is 0.407 e. The van der Waals surface area contributed by atoms with Gasteiger partial charge in [0.2, 0.25) is 5.91 Å². The molecule has 8 heteroatoms. The van der Waals surface area contributed by atoms with Crippen LogP contribution in [0.1, 0.15) is 19.4 Å². The van der Waals surface area contributed by atoms with E-state index in [2.05, 4.69) is 32.0 Å². The largest absolute Gasteiger partial charge is 0.449 e. The highest BCUT2D eigenvalue weighted by Crippen LogP contribution is 2.11. The summed E-state index contributed by atoms with van der Waals surface area (Å²) in [6.07, 6.45) is 1.29. The molecule has 2 amide bonds. The number of hydrogen-bond acceptors (Lipinski definition) is 5.